The van der Waals surface area contributed by atoms with Crippen molar-refractivity contribution in [2.45, 2.75) is 6.61 Å². The molecule has 0 aliphatic carbocycles. The number of aliphatic hydroxyl groups is 1. The largest absolute Gasteiger partial charge is 0.491 e. The number of ether oxygens (including phenoxy) is 2. The van der Waals surface area contributed by atoms with Crippen molar-refractivity contribution >= 4 is 0 Å². The van der Waals surface area contributed by atoms with Gasteiger partial charge in [-0.1, -0.05) is 5.16 Å². The minimum atomic E-state index is -0.123. The molecule has 0 spiro atoms. The van der Waals surface area contributed by atoms with Crippen molar-refractivity contribution in [3.05, 3.63) is 36.0 Å². The van der Waals surface area contributed by atoms with E-state index in [4.69, 9.17) is 19.1 Å². The van der Waals surface area contributed by atoms with Gasteiger partial charge in [-0.25, -0.2) is 0 Å². The molecule has 0 atom stereocenters. The summed E-state index contributed by atoms with van der Waals surface area (Å²) in [6.07, 6.45) is 0. The van der Waals surface area contributed by atoms with Gasteiger partial charge in [-0.2, -0.15) is 0 Å². The van der Waals surface area contributed by atoms with Crippen LogP contribution >= 0.6 is 0 Å². The zero-order chi connectivity index (χ0) is 12.8. The van der Waals surface area contributed by atoms with E-state index in [1.165, 1.54) is 0 Å². The molecule has 2 aromatic rings. The standard InChI is InChI=1S/C13H15NO4/c1-16-6-7-17-12-4-2-10(3-5-12)13-8-11(9-15)14-18-13/h2-5,8,15H,6-7,9H2,1H3. The highest BCUT2D eigenvalue weighted by Gasteiger charge is 2.06. The van der Waals surface area contributed by atoms with Gasteiger partial charge >= 0.3 is 0 Å². The van der Waals surface area contributed by atoms with E-state index in [9.17, 15) is 0 Å². The van der Waals surface area contributed by atoms with Gasteiger partial charge in [-0.05, 0) is 24.3 Å². The van der Waals surface area contributed by atoms with Crippen LogP contribution in [0, 0.1) is 0 Å². The first-order chi connectivity index (χ1) is 8.83. The van der Waals surface area contributed by atoms with Crippen LogP contribution in [0.1, 0.15) is 5.69 Å². The normalized spacial score (nSPS) is 10.6. The van der Waals surface area contributed by atoms with Gasteiger partial charge in [0.15, 0.2) is 5.76 Å². The van der Waals surface area contributed by atoms with E-state index in [0.717, 1.165) is 11.3 Å². The topological polar surface area (TPSA) is 64.7 Å². The molecule has 0 unspecified atom stereocenters. The highest BCUT2D eigenvalue weighted by Crippen LogP contribution is 2.23. The molecule has 2 rings (SSSR count). The van der Waals surface area contributed by atoms with E-state index in [1.807, 2.05) is 24.3 Å². The lowest BCUT2D eigenvalue weighted by Gasteiger charge is -2.05. The minimum absolute atomic E-state index is 0.123. The second-order valence-electron chi connectivity index (χ2n) is 3.71. The second kappa shape index (κ2) is 6.18. The summed E-state index contributed by atoms with van der Waals surface area (Å²) >= 11 is 0. The van der Waals surface area contributed by atoms with Gasteiger partial charge < -0.3 is 19.1 Å². The molecule has 0 saturated carbocycles. The van der Waals surface area contributed by atoms with Gasteiger partial charge in [0.25, 0.3) is 0 Å². The number of nitrogens with zero attached hydrogens (tertiary/aromatic N) is 1. The van der Waals surface area contributed by atoms with Crippen molar-refractivity contribution in [3.8, 4) is 17.1 Å². The maximum absolute atomic E-state index is 8.91. The zero-order valence-corrected chi connectivity index (χ0v) is 10.1. The average Bonchev–Trinajstić information content (AvgIpc) is 2.89. The van der Waals surface area contributed by atoms with E-state index in [2.05, 4.69) is 5.16 Å². The number of benzene rings is 1. The SMILES string of the molecule is COCCOc1ccc(-c2cc(CO)no2)cc1. The molecule has 0 bridgehead atoms. The Labute approximate surface area is 105 Å². The molecular weight excluding hydrogens is 234 g/mol. The van der Waals surface area contributed by atoms with Crippen molar-refractivity contribution in [2.24, 2.45) is 0 Å². The second-order valence-corrected chi connectivity index (χ2v) is 3.71. The molecule has 0 saturated heterocycles. The maximum atomic E-state index is 8.91. The van der Waals surface area contributed by atoms with Gasteiger partial charge in [-0.15, -0.1) is 0 Å². The molecule has 96 valence electrons. The summed E-state index contributed by atoms with van der Waals surface area (Å²) in [7, 11) is 1.63. The molecule has 1 aromatic heterocycles. The lowest BCUT2D eigenvalue weighted by molar-refractivity contribution is 0.146. The van der Waals surface area contributed by atoms with E-state index in [1.54, 1.807) is 13.2 Å². The van der Waals surface area contributed by atoms with Crippen molar-refractivity contribution < 1.29 is 19.1 Å². The van der Waals surface area contributed by atoms with Crippen LogP contribution < -0.4 is 4.74 Å². The summed E-state index contributed by atoms with van der Waals surface area (Å²) < 4.78 is 15.5. The number of methoxy groups -OCH3 is 1. The molecule has 0 fully saturated rings. The van der Waals surface area contributed by atoms with Crippen molar-refractivity contribution in [3.63, 3.8) is 0 Å². The van der Waals surface area contributed by atoms with Crippen LogP contribution in [-0.2, 0) is 11.3 Å². The number of hydrogen-bond donors (Lipinski definition) is 1. The molecule has 1 heterocycles. The molecule has 5 nitrogen and oxygen atoms in total. The smallest absolute Gasteiger partial charge is 0.167 e. The molecule has 0 aliphatic rings. The van der Waals surface area contributed by atoms with Crippen LogP contribution in [0.3, 0.4) is 0 Å². The van der Waals surface area contributed by atoms with Crippen LogP contribution in [0.4, 0.5) is 0 Å². The predicted molar refractivity (Wildman–Crippen MR) is 65.2 cm³/mol. The van der Waals surface area contributed by atoms with Crippen LogP contribution in [0.5, 0.6) is 5.75 Å². The molecule has 18 heavy (non-hydrogen) atoms. The fourth-order valence-electron chi connectivity index (χ4n) is 1.48. The van der Waals surface area contributed by atoms with E-state index in [0.29, 0.717) is 24.7 Å². The Balaban J connectivity index is 2.02. The van der Waals surface area contributed by atoms with E-state index in [-0.39, 0.29) is 6.61 Å². The summed E-state index contributed by atoms with van der Waals surface area (Å²) in [5.74, 6) is 1.40. The Morgan fingerprint density at radius 3 is 2.61 bits per heavy atom. The minimum Gasteiger partial charge on any atom is -0.491 e. The fraction of sp³-hybridized carbons (Fsp3) is 0.308. The molecule has 0 aliphatic heterocycles. The summed E-state index contributed by atoms with van der Waals surface area (Å²) in [6, 6.07) is 9.17. The summed E-state index contributed by atoms with van der Waals surface area (Å²) in [5, 5.41) is 12.6. The van der Waals surface area contributed by atoms with Crippen LogP contribution in [0.15, 0.2) is 34.9 Å². The third-order valence-electron chi connectivity index (χ3n) is 2.42. The highest BCUT2D eigenvalue weighted by molar-refractivity contribution is 5.58. The van der Waals surface area contributed by atoms with Crippen LogP contribution in [-0.4, -0.2) is 30.6 Å². The van der Waals surface area contributed by atoms with Gasteiger partial charge in [0.1, 0.15) is 18.1 Å². The number of aliphatic hydroxyl groups excluding tert-OH is 1. The van der Waals surface area contributed by atoms with Gasteiger partial charge in [0.05, 0.1) is 13.2 Å². The lowest BCUT2D eigenvalue weighted by Crippen LogP contribution is -2.03. The van der Waals surface area contributed by atoms with Gasteiger partial charge in [0, 0.05) is 18.7 Å². The molecule has 0 amide bonds. The maximum Gasteiger partial charge on any atom is 0.167 e. The van der Waals surface area contributed by atoms with Crippen molar-refractivity contribution in [1.82, 2.24) is 5.16 Å². The third-order valence-corrected chi connectivity index (χ3v) is 2.42. The number of aromatic nitrogens is 1. The first kappa shape index (κ1) is 12.6. The van der Waals surface area contributed by atoms with Gasteiger partial charge in [0.2, 0.25) is 0 Å². The summed E-state index contributed by atoms with van der Waals surface area (Å²) in [6.45, 7) is 0.957. The van der Waals surface area contributed by atoms with Crippen LogP contribution in [0.25, 0.3) is 11.3 Å². The highest BCUT2D eigenvalue weighted by atomic mass is 16.5. The zero-order valence-electron chi connectivity index (χ0n) is 10.1. The molecule has 1 N–H and O–H groups in total. The predicted octanol–water partition coefficient (Wildman–Crippen LogP) is 1.86. The molecule has 1 aromatic carbocycles. The number of rotatable bonds is 6. The first-order valence-corrected chi connectivity index (χ1v) is 5.62. The van der Waals surface area contributed by atoms with Gasteiger partial charge in [-0.3, -0.25) is 0 Å². The van der Waals surface area contributed by atoms with E-state index >= 15 is 0 Å². The summed E-state index contributed by atoms with van der Waals surface area (Å²) in [4.78, 5) is 0. The quantitative estimate of drug-likeness (QED) is 0.791. The average molecular weight is 249 g/mol. The van der Waals surface area contributed by atoms with E-state index < -0.39 is 0 Å². The monoisotopic (exact) mass is 249 g/mol. The summed E-state index contributed by atoms with van der Waals surface area (Å²) in [5.41, 5.74) is 1.41. The lowest BCUT2D eigenvalue weighted by atomic mass is 10.1. The first-order valence-electron chi connectivity index (χ1n) is 5.62. The van der Waals surface area contributed by atoms with Crippen molar-refractivity contribution in [2.75, 3.05) is 20.3 Å². The Bertz CT molecular complexity index is 478. The van der Waals surface area contributed by atoms with Crippen molar-refractivity contribution in [1.29, 1.82) is 0 Å². The Morgan fingerprint density at radius 1 is 1.22 bits per heavy atom. The molecule has 5 heteroatoms. The molecule has 0 radical (unpaired) electrons. The van der Waals surface area contributed by atoms with Crippen LogP contribution in [0.2, 0.25) is 0 Å². The molecular formula is C13H15NO4. The number of hydrogen-bond acceptors (Lipinski definition) is 5. The third kappa shape index (κ3) is 3.09. The Morgan fingerprint density at radius 2 is 2.00 bits per heavy atom. The fourth-order valence-corrected chi connectivity index (χ4v) is 1.48. The Hall–Kier alpha value is -1.85. The Kier molecular flexibility index (Phi) is 4.33.